The Morgan fingerprint density at radius 3 is 2.80 bits per heavy atom. The van der Waals surface area contributed by atoms with Gasteiger partial charge in [-0.15, -0.1) is 0 Å². The Kier molecular flexibility index (Phi) is 4.20. The first-order valence-corrected chi connectivity index (χ1v) is 4.70. The molecule has 0 aliphatic heterocycles. The molecule has 1 unspecified atom stereocenters. The summed E-state index contributed by atoms with van der Waals surface area (Å²) in [4.78, 5) is 10.2. The molecule has 0 bridgehead atoms. The lowest BCUT2D eigenvalue weighted by atomic mass is 10.1. The van der Waals surface area contributed by atoms with Crippen molar-refractivity contribution >= 4 is 5.69 Å². The second-order valence-corrected chi connectivity index (χ2v) is 3.30. The summed E-state index contributed by atoms with van der Waals surface area (Å²) >= 11 is 0. The largest absolute Gasteiger partial charge is 0.391 e. The first-order chi connectivity index (χ1) is 7.15. The third-order valence-electron chi connectivity index (χ3n) is 2.08. The van der Waals surface area contributed by atoms with Crippen LogP contribution in [-0.4, -0.2) is 29.7 Å². The molecular weight excluding hydrogens is 196 g/mol. The zero-order chi connectivity index (χ0) is 11.3. The summed E-state index contributed by atoms with van der Waals surface area (Å²) in [7, 11) is 1.72. The predicted octanol–water partition coefficient (Wildman–Crippen LogP) is 0.718. The van der Waals surface area contributed by atoms with Crippen LogP contribution < -0.4 is 5.32 Å². The first-order valence-electron chi connectivity index (χ1n) is 4.70. The second kappa shape index (κ2) is 5.43. The van der Waals surface area contributed by atoms with Crippen molar-refractivity contribution in [3.63, 3.8) is 0 Å². The van der Waals surface area contributed by atoms with Gasteiger partial charge in [0, 0.05) is 24.6 Å². The highest BCUT2D eigenvalue weighted by molar-refractivity contribution is 5.40. The monoisotopic (exact) mass is 210 g/mol. The Balaban J connectivity index is 2.79. The van der Waals surface area contributed by atoms with Gasteiger partial charge in [0.15, 0.2) is 0 Å². The highest BCUT2D eigenvalue weighted by Crippen LogP contribution is 2.18. The van der Waals surface area contributed by atoms with Gasteiger partial charge in [0.05, 0.1) is 11.0 Å². The Bertz CT molecular complexity index is 341. The van der Waals surface area contributed by atoms with E-state index < -0.39 is 11.0 Å². The van der Waals surface area contributed by atoms with Gasteiger partial charge in [-0.05, 0) is 7.05 Å². The molecule has 15 heavy (non-hydrogen) atoms. The fourth-order valence-corrected chi connectivity index (χ4v) is 1.42. The molecule has 1 atom stereocenters. The molecule has 0 saturated carbocycles. The summed E-state index contributed by atoms with van der Waals surface area (Å²) in [6, 6.07) is 6.46. The maximum atomic E-state index is 10.7. The fraction of sp³-hybridized carbons (Fsp3) is 0.400. The molecule has 5 nitrogen and oxygen atoms in total. The van der Waals surface area contributed by atoms with E-state index in [-0.39, 0.29) is 12.1 Å². The summed E-state index contributed by atoms with van der Waals surface area (Å²) in [5.74, 6) is 0. The highest BCUT2D eigenvalue weighted by Gasteiger charge is 2.15. The van der Waals surface area contributed by atoms with Crippen LogP contribution in [0.4, 0.5) is 5.69 Å². The molecule has 0 amide bonds. The number of rotatable bonds is 5. The zero-order valence-electron chi connectivity index (χ0n) is 8.51. The number of aliphatic hydroxyl groups is 1. The molecule has 1 rings (SSSR count). The van der Waals surface area contributed by atoms with Crippen LogP contribution in [0.3, 0.4) is 0 Å². The molecule has 0 saturated heterocycles. The molecule has 0 aromatic heterocycles. The van der Waals surface area contributed by atoms with Crippen molar-refractivity contribution in [2.24, 2.45) is 0 Å². The average molecular weight is 210 g/mol. The molecule has 1 aromatic carbocycles. The number of para-hydroxylation sites is 1. The average Bonchev–Trinajstić information content (AvgIpc) is 2.18. The van der Waals surface area contributed by atoms with Crippen LogP contribution in [0.5, 0.6) is 0 Å². The highest BCUT2D eigenvalue weighted by atomic mass is 16.6. The molecule has 1 aromatic rings. The van der Waals surface area contributed by atoms with Crippen LogP contribution in [0.25, 0.3) is 0 Å². The van der Waals surface area contributed by atoms with E-state index in [1.165, 1.54) is 6.07 Å². The van der Waals surface area contributed by atoms with Crippen molar-refractivity contribution in [1.29, 1.82) is 0 Å². The Labute approximate surface area is 87.9 Å². The normalized spacial score (nSPS) is 12.4. The molecule has 0 spiro atoms. The van der Waals surface area contributed by atoms with Gasteiger partial charge in [-0.25, -0.2) is 0 Å². The van der Waals surface area contributed by atoms with E-state index in [9.17, 15) is 15.2 Å². The van der Waals surface area contributed by atoms with Gasteiger partial charge in [-0.3, -0.25) is 10.1 Å². The lowest BCUT2D eigenvalue weighted by Gasteiger charge is -2.09. The molecule has 5 heteroatoms. The van der Waals surface area contributed by atoms with E-state index in [2.05, 4.69) is 5.32 Å². The number of nitro groups is 1. The minimum absolute atomic E-state index is 0.0626. The Hall–Kier alpha value is -1.46. The number of nitrogens with zero attached hydrogens (tertiary/aromatic N) is 1. The van der Waals surface area contributed by atoms with Crippen molar-refractivity contribution in [1.82, 2.24) is 5.32 Å². The third kappa shape index (κ3) is 3.30. The first kappa shape index (κ1) is 11.6. The number of nitro benzene ring substituents is 1. The number of hydrogen-bond acceptors (Lipinski definition) is 4. The van der Waals surface area contributed by atoms with Crippen LogP contribution in [0.1, 0.15) is 5.56 Å². The minimum Gasteiger partial charge on any atom is -0.391 e. The van der Waals surface area contributed by atoms with Crippen molar-refractivity contribution in [2.75, 3.05) is 13.6 Å². The lowest BCUT2D eigenvalue weighted by Crippen LogP contribution is -2.25. The second-order valence-electron chi connectivity index (χ2n) is 3.30. The van der Waals surface area contributed by atoms with E-state index in [1.807, 2.05) is 0 Å². The number of likely N-dealkylation sites (N-methyl/N-ethyl adjacent to an activating group) is 1. The molecule has 0 fully saturated rings. The quantitative estimate of drug-likeness (QED) is 0.554. The van der Waals surface area contributed by atoms with Crippen LogP contribution >= 0.6 is 0 Å². The van der Waals surface area contributed by atoms with Gasteiger partial charge in [0.1, 0.15) is 0 Å². The maximum Gasteiger partial charge on any atom is 0.272 e. The fourth-order valence-electron chi connectivity index (χ4n) is 1.42. The van der Waals surface area contributed by atoms with E-state index in [4.69, 9.17) is 0 Å². The van der Waals surface area contributed by atoms with Crippen LogP contribution in [0, 0.1) is 10.1 Å². The van der Waals surface area contributed by atoms with E-state index >= 15 is 0 Å². The van der Waals surface area contributed by atoms with Gasteiger partial charge in [0.2, 0.25) is 0 Å². The topological polar surface area (TPSA) is 75.4 Å². The summed E-state index contributed by atoms with van der Waals surface area (Å²) in [6.07, 6.45) is -0.311. The van der Waals surface area contributed by atoms with Crippen LogP contribution in [-0.2, 0) is 6.42 Å². The smallest absolute Gasteiger partial charge is 0.272 e. The van der Waals surface area contributed by atoms with Gasteiger partial charge in [-0.2, -0.15) is 0 Å². The Morgan fingerprint density at radius 2 is 2.20 bits per heavy atom. The van der Waals surface area contributed by atoms with Crippen LogP contribution in [0.15, 0.2) is 24.3 Å². The molecular formula is C10H14N2O3. The Morgan fingerprint density at radius 1 is 1.53 bits per heavy atom. The van der Waals surface area contributed by atoms with Gasteiger partial charge >= 0.3 is 0 Å². The standard InChI is InChI=1S/C10H14N2O3/c1-11-7-9(13)6-8-4-2-3-5-10(8)12(14)15/h2-5,9,11,13H,6-7H2,1H3. The van der Waals surface area contributed by atoms with E-state index in [0.29, 0.717) is 12.1 Å². The van der Waals surface area contributed by atoms with Crippen molar-refractivity contribution in [3.8, 4) is 0 Å². The lowest BCUT2D eigenvalue weighted by molar-refractivity contribution is -0.385. The summed E-state index contributed by atoms with van der Waals surface area (Å²) < 4.78 is 0. The SMILES string of the molecule is CNCC(O)Cc1ccccc1[N+](=O)[O-]. The molecule has 0 aliphatic rings. The van der Waals surface area contributed by atoms with Crippen molar-refractivity contribution < 1.29 is 10.0 Å². The predicted molar refractivity (Wildman–Crippen MR) is 56.7 cm³/mol. The van der Waals surface area contributed by atoms with Crippen molar-refractivity contribution in [3.05, 3.63) is 39.9 Å². The third-order valence-corrected chi connectivity index (χ3v) is 2.08. The van der Waals surface area contributed by atoms with Crippen molar-refractivity contribution in [2.45, 2.75) is 12.5 Å². The molecule has 0 heterocycles. The molecule has 82 valence electrons. The minimum atomic E-state index is -0.601. The maximum absolute atomic E-state index is 10.7. The van der Waals surface area contributed by atoms with E-state index in [1.54, 1.807) is 25.2 Å². The van der Waals surface area contributed by atoms with Gasteiger partial charge in [0.25, 0.3) is 5.69 Å². The number of benzene rings is 1. The molecule has 0 radical (unpaired) electrons. The summed E-state index contributed by atoms with van der Waals surface area (Å²) in [6.45, 7) is 0.423. The van der Waals surface area contributed by atoms with Crippen LogP contribution in [0.2, 0.25) is 0 Å². The molecule has 0 aliphatic carbocycles. The zero-order valence-corrected chi connectivity index (χ0v) is 8.51. The summed E-state index contributed by atoms with van der Waals surface area (Å²) in [5.41, 5.74) is 0.623. The summed E-state index contributed by atoms with van der Waals surface area (Å²) in [5, 5.41) is 23.0. The molecule has 2 N–H and O–H groups in total. The van der Waals surface area contributed by atoms with E-state index in [0.717, 1.165) is 0 Å². The van der Waals surface area contributed by atoms with Gasteiger partial charge < -0.3 is 10.4 Å². The number of aliphatic hydroxyl groups excluding tert-OH is 1. The number of hydrogen-bond donors (Lipinski definition) is 2. The van der Waals surface area contributed by atoms with Gasteiger partial charge in [-0.1, -0.05) is 18.2 Å². The number of nitrogens with one attached hydrogen (secondary N) is 1.